The van der Waals surface area contributed by atoms with E-state index in [1.807, 2.05) is 19.1 Å². The Kier molecular flexibility index (Phi) is 4.14. The summed E-state index contributed by atoms with van der Waals surface area (Å²) in [4.78, 5) is 0. The molecule has 0 amide bonds. The van der Waals surface area contributed by atoms with Gasteiger partial charge >= 0.3 is 7.27 Å². The molecule has 0 radical (unpaired) electrons. The van der Waals surface area contributed by atoms with Crippen molar-refractivity contribution in [3.8, 4) is 0 Å². The molecule has 0 aromatic heterocycles. The Morgan fingerprint density at radius 3 is 2.71 bits per heavy atom. The third kappa shape index (κ3) is 3.15. The summed E-state index contributed by atoms with van der Waals surface area (Å²) in [5.41, 5.74) is 1.73. The van der Waals surface area contributed by atoms with Crippen LogP contribution in [0.4, 0.5) is 8.63 Å². The molecule has 0 aliphatic rings. The van der Waals surface area contributed by atoms with Crippen LogP contribution in [0.5, 0.6) is 0 Å². The summed E-state index contributed by atoms with van der Waals surface area (Å²) >= 11 is 5.84. The summed E-state index contributed by atoms with van der Waals surface area (Å²) in [5, 5.41) is 0.499. The van der Waals surface area contributed by atoms with Crippen LogP contribution >= 0.6 is 11.6 Å². The van der Waals surface area contributed by atoms with E-state index in [1.54, 1.807) is 6.07 Å². The van der Waals surface area contributed by atoms with E-state index in [4.69, 9.17) is 11.6 Å². The van der Waals surface area contributed by atoms with E-state index < -0.39 is 7.27 Å². The zero-order valence-corrected chi connectivity index (χ0v) is 8.56. The lowest BCUT2D eigenvalue weighted by atomic mass is 9.97. The first-order valence-corrected chi connectivity index (χ1v) is 4.76. The van der Waals surface area contributed by atoms with Crippen molar-refractivity contribution in [3.63, 3.8) is 0 Å². The van der Waals surface area contributed by atoms with Gasteiger partial charge in [0.15, 0.2) is 0 Å². The number of aryl methyl sites for hydroxylation is 1. The van der Waals surface area contributed by atoms with Gasteiger partial charge in [-0.05, 0) is 29.6 Å². The molecule has 0 nitrogen and oxygen atoms in total. The molecular weight excluding hydrogens is 204 g/mol. The van der Waals surface area contributed by atoms with Gasteiger partial charge in [0.05, 0.1) is 0 Å². The smallest absolute Gasteiger partial charge is 0.282 e. The molecule has 0 unspecified atom stereocenters. The van der Waals surface area contributed by atoms with Crippen molar-refractivity contribution in [3.05, 3.63) is 40.3 Å². The fourth-order valence-electron chi connectivity index (χ4n) is 1.12. The summed E-state index contributed by atoms with van der Waals surface area (Å²) in [5.74, 6) is 0.834. The molecule has 4 heteroatoms. The molecule has 1 aromatic carbocycles. The third-order valence-corrected chi connectivity index (χ3v) is 2.23. The zero-order valence-electron chi connectivity index (χ0n) is 7.81. The van der Waals surface area contributed by atoms with Gasteiger partial charge in [-0.2, -0.15) is 0 Å². The number of hydrogen-bond acceptors (Lipinski definition) is 0. The fourth-order valence-corrected chi connectivity index (χ4v) is 1.30. The van der Waals surface area contributed by atoms with Crippen LogP contribution in [0.25, 0.3) is 6.08 Å². The first kappa shape index (κ1) is 11.3. The van der Waals surface area contributed by atoms with Gasteiger partial charge in [0.1, 0.15) is 0 Å². The van der Waals surface area contributed by atoms with E-state index in [0.717, 1.165) is 18.0 Å². The lowest BCUT2D eigenvalue weighted by molar-refractivity contribution is 0.683. The summed E-state index contributed by atoms with van der Waals surface area (Å²) in [6, 6.07) is 5.44. The SMILES string of the molecule is CCc1ccc(Cl)c(C=CB(F)F)c1. The lowest BCUT2D eigenvalue weighted by Crippen LogP contribution is -1.89. The normalized spacial score (nSPS) is 10.9. The Labute approximate surface area is 87.8 Å². The second kappa shape index (κ2) is 5.15. The maximum atomic E-state index is 11.9. The summed E-state index contributed by atoms with van der Waals surface area (Å²) in [6.45, 7) is 2.00. The molecule has 1 rings (SSSR count). The highest BCUT2D eigenvalue weighted by atomic mass is 35.5. The summed E-state index contributed by atoms with van der Waals surface area (Å²) in [7, 11) is -2.43. The molecule has 0 fully saturated rings. The van der Waals surface area contributed by atoms with E-state index in [-0.39, 0.29) is 0 Å². The minimum absolute atomic E-state index is 0.499. The predicted molar refractivity (Wildman–Crippen MR) is 57.8 cm³/mol. The second-order valence-electron chi connectivity index (χ2n) is 2.90. The van der Waals surface area contributed by atoms with Crippen molar-refractivity contribution in [1.82, 2.24) is 0 Å². The van der Waals surface area contributed by atoms with Crippen molar-refractivity contribution >= 4 is 24.9 Å². The first-order valence-electron chi connectivity index (χ1n) is 4.38. The van der Waals surface area contributed by atoms with Gasteiger partial charge in [0.2, 0.25) is 0 Å². The third-order valence-electron chi connectivity index (χ3n) is 1.89. The summed E-state index contributed by atoms with van der Waals surface area (Å²) in [6.07, 6.45) is 2.22. The highest BCUT2D eigenvalue weighted by Gasteiger charge is 2.05. The maximum absolute atomic E-state index is 11.9. The van der Waals surface area contributed by atoms with Crippen molar-refractivity contribution in [1.29, 1.82) is 0 Å². The Morgan fingerprint density at radius 1 is 1.43 bits per heavy atom. The maximum Gasteiger partial charge on any atom is 0.564 e. The van der Waals surface area contributed by atoms with Crippen LogP contribution in [0.1, 0.15) is 18.1 Å². The standard InChI is InChI=1S/C10H10BClF2/c1-2-8-3-4-10(12)9(7-8)5-6-11(13)14/h3-7H,2H2,1H3. The van der Waals surface area contributed by atoms with E-state index in [0.29, 0.717) is 10.6 Å². The molecular formula is C10H10BClF2. The van der Waals surface area contributed by atoms with Crippen LogP contribution in [-0.2, 0) is 6.42 Å². The second-order valence-corrected chi connectivity index (χ2v) is 3.31. The van der Waals surface area contributed by atoms with Crippen LogP contribution in [0.3, 0.4) is 0 Å². The monoisotopic (exact) mass is 214 g/mol. The lowest BCUT2D eigenvalue weighted by Gasteiger charge is -2.01. The minimum Gasteiger partial charge on any atom is -0.282 e. The van der Waals surface area contributed by atoms with Gasteiger partial charge in [-0.15, -0.1) is 0 Å². The average molecular weight is 214 g/mol. The number of benzene rings is 1. The van der Waals surface area contributed by atoms with Gasteiger partial charge < -0.3 is 0 Å². The van der Waals surface area contributed by atoms with Crippen molar-refractivity contribution in [2.24, 2.45) is 0 Å². The quantitative estimate of drug-likeness (QED) is 0.670. The van der Waals surface area contributed by atoms with Crippen molar-refractivity contribution in [2.45, 2.75) is 13.3 Å². The molecule has 0 aliphatic carbocycles. The molecule has 0 heterocycles. The first-order chi connectivity index (χ1) is 6.63. The molecule has 0 N–H and O–H groups in total. The van der Waals surface area contributed by atoms with Gasteiger partial charge in [0.25, 0.3) is 0 Å². The van der Waals surface area contributed by atoms with Crippen molar-refractivity contribution in [2.75, 3.05) is 0 Å². The Morgan fingerprint density at radius 2 is 2.14 bits per heavy atom. The largest absolute Gasteiger partial charge is 0.564 e. The van der Waals surface area contributed by atoms with E-state index in [9.17, 15) is 8.63 Å². The Hall–Kier alpha value is -0.825. The van der Waals surface area contributed by atoms with Crippen LogP contribution in [-0.4, -0.2) is 7.27 Å². The zero-order chi connectivity index (χ0) is 10.6. The predicted octanol–water partition coefficient (Wildman–Crippen LogP) is 3.88. The molecule has 14 heavy (non-hydrogen) atoms. The molecule has 1 aromatic rings. The number of hydrogen-bond donors (Lipinski definition) is 0. The number of rotatable bonds is 3. The molecule has 0 spiro atoms. The topological polar surface area (TPSA) is 0 Å². The minimum atomic E-state index is -2.43. The summed E-state index contributed by atoms with van der Waals surface area (Å²) < 4.78 is 23.8. The highest BCUT2D eigenvalue weighted by Crippen LogP contribution is 2.19. The van der Waals surface area contributed by atoms with Crippen LogP contribution in [0.2, 0.25) is 5.02 Å². The molecule has 0 atom stereocenters. The van der Waals surface area contributed by atoms with Gasteiger partial charge in [0, 0.05) is 5.02 Å². The molecule has 0 bridgehead atoms. The van der Waals surface area contributed by atoms with Crippen LogP contribution in [0.15, 0.2) is 24.2 Å². The highest BCUT2D eigenvalue weighted by molar-refractivity contribution is 6.50. The van der Waals surface area contributed by atoms with E-state index in [2.05, 4.69) is 0 Å². The Bertz CT molecular complexity index is 337. The van der Waals surface area contributed by atoms with Crippen LogP contribution in [0, 0.1) is 0 Å². The Balaban J connectivity index is 2.94. The van der Waals surface area contributed by atoms with E-state index >= 15 is 0 Å². The van der Waals surface area contributed by atoms with Gasteiger partial charge in [-0.25, -0.2) is 0 Å². The van der Waals surface area contributed by atoms with Crippen LogP contribution < -0.4 is 0 Å². The van der Waals surface area contributed by atoms with Crippen molar-refractivity contribution < 1.29 is 8.63 Å². The molecule has 0 saturated carbocycles. The van der Waals surface area contributed by atoms with E-state index in [1.165, 1.54) is 6.08 Å². The van der Waals surface area contributed by atoms with Gasteiger partial charge in [-0.1, -0.05) is 36.7 Å². The molecule has 0 saturated heterocycles. The molecule has 0 aliphatic heterocycles. The number of halogens is 3. The average Bonchev–Trinajstić information content (AvgIpc) is 2.16. The van der Waals surface area contributed by atoms with Gasteiger partial charge in [-0.3, -0.25) is 8.63 Å². The molecule has 74 valence electrons. The fraction of sp³-hybridized carbons (Fsp3) is 0.200.